The highest BCUT2D eigenvalue weighted by molar-refractivity contribution is 7.89. The van der Waals surface area contributed by atoms with Crippen molar-refractivity contribution in [3.05, 3.63) is 47.5 Å². The van der Waals surface area contributed by atoms with Gasteiger partial charge in [-0.05, 0) is 31.0 Å². The van der Waals surface area contributed by atoms with Crippen LogP contribution in [-0.4, -0.2) is 25.3 Å². The molecule has 4 nitrogen and oxygen atoms in total. The molecule has 6 heteroatoms. The molecule has 2 unspecified atom stereocenters. The van der Waals surface area contributed by atoms with E-state index in [0.717, 1.165) is 0 Å². The van der Waals surface area contributed by atoms with Crippen molar-refractivity contribution >= 4 is 21.6 Å². The van der Waals surface area contributed by atoms with Gasteiger partial charge in [-0.3, -0.25) is 0 Å². The first-order valence-corrected chi connectivity index (χ1v) is 7.93. The maximum atomic E-state index is 11.7. The number of benzene rings is 1. The Morgan fingerprint density at radius 1 is 1.42 bits per heavy atom. The van der Waals surface area contributed by atoms with Crippen LogP contribution in [0.15, 0.2) is 36.9 Å². The molecule has 0 aliphatic rings. The van der Waals surface area contributed by atoms with Crippen molar-refractivity contribution in [3.63, 3.8) is 0 Å². The smallest absolute Gasteiger partial charge is 0.212 e. The van der Waals surface area contributed by atoms with E-state index in [2.05, 4.69) is 11.3 Å². The highest BCUT2D eigenvalue weighted by atomic mass is 35.5. The van der Waals surface area contributed by atoms with Crippen LogP contribution in [0.4, 0.5) is 0 Å². The van der Waals surface area contributed by atoms with Gasteiger partial charge in [-0.1, -0.05) is 29.8 Å². The SMILES string of the molecule is C=CCCS(=O)(=O)NC(C)C(O)c1ccc(Cl)cc1. The molecule has 1 aromatic rings. The third-order valence-electron chi connectivity index (χ3n) is 2.64. The van der Waals surface area contributed by atoms with Gasteiger partial charge in [0.15, 0.2) is 0 Å². The highest BCUT2D eigenvalue weighted by Gasteiger charge is 2.21. The molecule has 1 aromatic carbocycles. The molecular formula is C13H18ClNO3S. The molecule has 0 spiro atoms. The van der Waals surface area contributed by atoms with Crippen LogP contribution in [0.5, 0.6) is 0 Å². The third-order valence-corrected chi connectivity index (χ3v) is 4.40. The van der Waals surface area contributed by atoms with Gasteiger partial charge in [0.05, 0.1) is 11.9 Å². The van der Waals surface area contributed by atoms with Crippen LogP contribution in [0.1, 0.15) is 25.0 Å². The minimum Gasteiger partial charge on any atom is -0.387 e. The fourth-order valence-electron chi connectivity index (χ4n) is 1.59. The summed E-state index contributed by atoms with van der Waals surface area (Å²) in [4.78, 5) is 0. The van der Waals surface area contributed by atoms with E-state index < -0.39 is 22.2 Å². The molecule has 0 radical (unpaired) electrons. The number of sulfonamides is 1. The molecule has 0 aliphatic heterocycles. The van der Waals surface area contributed by atoms with Crippen LogP contribution in [0, 0.1) is 0 Å². The van der Waals surface area contributed by atoms with Crippen LogP contribution in [0.3, 0.4) is 0 Å². The lowest BCUT2D eigenvalue weighted by Crippen LogP contribution is -2.38. The summed E-state index contributed by atoms with van der Waals surface area (Å²) in [6.45, 7) is 5.10. The molecule has 106 valence electrons. The minimum absolute atomic E-state index is 0.0336. The van der Waals surface area contributed by atoms with Crippen LogP contribution >= 0.6 is 11.6 Å². The topological polar surface area (TPSA) is 66.4 Å². The number of aliphatic hydroxyl groups excluding tert-OH is 1. The second kappa shape index (κ2) is 7.05. The maximum absolute atomic E-state index is 11.7. The molecule has 0 saturated carbocycles. The van der Waals surface area contributed by atoms with Gasteiger partial charge in [-0.2, -0.15) is 0 Å². The van der Waals surface area contributed by atoms with Crippen molar-refractivity contribution in [1.82, 2.24) is 4.72 Å². The average Bonchev–Trinajstić information content (AvgIpc) is 2.36. The van der Waals surface area contributed by atoms with Gasteiger partial charge < -0.3 is 5.11 Å². The molecular weight excluding hydrogens is 286 g/mol. The van der Waals surface area contributed by atoms with Crippen molar-refractivity contribution in [1.29, 1.82) is 0 Å². The van der Waals surface area contributed by atoms with E-state index in [-0.39, 0.29) is 5.75 Å². The predicted molar refractivity (Wildman–Crippen MR) is 77.6 cm³/mol. The molecule has 19 heavy (non-hydrogen) atoms. The van der Waals surface area contributed by atoms with Crippen LogP contribution in [0.25, 0.3) is 0 Å². The number of allylic oxidation sites excluding steroid dienone is 1. The molecule has 0 saturated heterocycles. The van der Waals surface area contributed by atoms with E-state index in [1.807, 2.05) is 0 Å². The van der Waals surface area contributed by atoms with Gasteiger partial charge in [-0.15, -0.1) is 6.58 Å². The Hall–Kier alpha value is -0.880. The van der Waals surface area contributed by atoms with Crippen LogP contribution in [0.2, 0.25) is 5.02 Å². The quantitative estimate of drug-likeness (QED) is 0.759. The van der Waals surface area contributed by atoms with Crippen molar-refractivity contribution in [2.24, 2.45) is 0 Å². The van der Waals surface area contributed by atoms with E-state index in [1.54, 1.807) is 37.3 Å². The first-order chi connectivity index (χ1) is 8.85. The molecule has 1 rings (SSSR count). The Balaban J connectivity index is 2.69. The summed E-state index contributed by atoms with van der Waals surface area (Å²) < 4.78 is 25.8. The highest BCUT2D eigenvalue weighted by Crippen LogP contribution is 2.19. The second-order valence-electron chi connectivity index (χ2n) is 4.30. The number of aliphatic hydroxyl groups is 1. The summed E-state index contributed by atoms with van der Waals surface area (Å²) in [6.07, 6.45) is 0.995. The Kier molecular flexibility index (Phi) is 6.00. The summed E-state index contributed by atoms with van der Waals surface area (Å²) in [7, 11) is -3.41. The van der Waals surface area contributed by atoms with E-state index in [9.17, 15) is 13.5 Å². The molecule has 2 N–H and O–H groups in total. The van der Waals surface area contributed by atoms with Gasteiger partial charge in [-0.25, -0.2) is 13.1 Å². The van der Waals surface area contributed by atoms with Gasteiger partial charge in [0.1, 0.15) is 0 Å². The van der Waals surface area contributed by atoms with Gasteiger partial charge in [0, 0.05) is 11.1 Å². The molecule has 0 aliphatic carbocycles. The van der Waals surface area contributed by atoms with E-state index in [1.165, 1.54) is 0 Å². The Bertz CT molecular complexity index is 513. The fourth-order valence-corrected chi connectivity index (χ4v) is 3.01. The first-order valence-electron chi connectivity index (χ1n) is 5.90. The van der Waals surface area contributed by atoms with E-state index in [0.29, 0.717) is 17.0 Å². The summed E-state index contributed by atoms with van der Waals surface area (Å²) in [6, 6.07) is 6.03. The minimum atomic E-state index is -3.41. The number of rotatable bonds is 7. The molecule has 2 atom stereocenters. The number of hydrogen-bond donors (Lipinski definition) is 2. The van der Waals surface area contributed by atoms with Gasteiger partial charge in [0.25, 0.3) is 0 Å². The number of hydrogen-bond acceptors (Lipinski definition) is 3. The van der Waals surface area contributed by atoms with Crippen LogP contribution in [-0.2, 0) is 10.0 Å². The number of nitrogens with one attached hydrogen (secondary N) is 1. The van der Waals surface area contributed by atoms with Gasteiger partial charge in [0.2, 0.25) is 10.0 Å². The zero-order valence-corrected chi connectivity index (χ0v) is 12.3. The van der Waals surface area contributed by atoms with E-state index >= 15 is 0 Å². The standard InChI is InChI=1S/C13H18ClNO3S/c1-3-4-9-19(17,18)15-10(2)13(16)11-5-7-12(14)8-6-11/h3,5-8,10,13,15-16H,1,4,9H2,2H3. The Labute approximate surface area is 119 Å². The summed E-state index contributed by atoms with van der Waals surface area (Å²) in [5.74, 6) is -0.0336. The lowest BCUT2D eigenvalue weighted by Gasteiger charge is -2.20. The Morgan fingerprint density at radius 3 is 2.53 bits per heavy atom. The molecule has 0 aromatic heterocycles. The van der Waals surface area contributed by atoms with Crippen molar-refractivity contribution in [2.45, 2.75) is 25.5 Å². The molecule has 0 amide bonds. The first kappa shape index (κ1) is 16.2. The summed E-state index contributed by atoms with van der Waals surface area (Å²) >= 11 is 5.76. The fraction of sp³-hybridized carbons (Fsp3) is 0.385. The normalized spacial score (nSPS) is 14.9. The molecule has 0 bridgehead atoms. The number of halogens is 1. The van der Waals surface area contributed by atoms with Crippen molar-refractivity contribution < 1.29 is 13.5 Å². The zero-order valence-electron chi connectivity index (χ0n) is 10.7. The van der Waals surface area contributed by atoms with E-state index in [4.69, 9.17) is 11.6 Å². The summed E-state index contributed by atoms with van der Waals surface area (Å²) in [5, 5.41) is 10.6. The predicted octanol–water partition coefficient (Wildman–Crippen LogP) is 2.26. The molecule has 0 fully saturated rings. The van der Waals surface area contributed by atoms with Gasteiger partial charge >= 0.3 is 0 Å². The lowest BCUT2D eigenvalue weighted by molar-refractivity contribution is 0.146. The van der Waals surface area contributed by atoms with Crippen molar-refractivity contribution in [2.75, 3.05) is 5.75 Å². The average molecular weight is 304 g/mol. The Morgan fingerprint density at radius 2 is 2.00 bits per heavy atom. The maximum Gasteiger partial charge on any atom is 0.212 e. The largest absolute Gasteiger partial charge is 0.387 e. The molecule has 0 heterocycles. The summed E-state index contributed by atoms with van der Waals surface area (Å²) in [5.41, 5.74) is 0.614. The van der Waals surface area contributed by atoms with Crippen molar-refractivity contribution in [3.8, 4) is 0 Å². The second-order valence-corrected chi connectivity index (χ2v) is 6.61. The van der Waals surface area contributed by atoms with Crippen LogP contribution < -0.4 is 4.72 Å². The monoisotopic (exact) mass is 303 g/mol. The third kappa shape index (κ3) is 5.32. The lowest BCUT2D eigenvalue weighted by atomic mass is 10.0. The zero-order chi connectivity index (χ0) is 14.5.